The number of ether oxygens (including phenoxy) is 2. The fraction of sp³-hybridized carbons (Fsp3) is 0.923. The van der Waals surface area contributed by atoms with Gasteiger partial charge in [0.15, 0.2) is 0 Å². The lowest BCUT2D eigenvalue weighted by Gasteiger charge is -2.09. The molecule has 0 aliphatic carbocycles. The maximum atomic E-state index is 8.72. The van der Waals surface area contributed by atoms with Gasteiger partial charge in [-0.05, 0) is 31.4 Å². The Morgan fingerprint density at radius 2 is 1.17 bits per heavy atom. The van der Waals surface area contributed by atoms with Crippen LogP contribution >= 0.6 is 0 Å². The predicted octanol–water partition coefficient (Wildman–Crippen LogP) is 6.77. The van der Waals surface area contributed by atoms with Crippen molar-refractivity contribution >= 4 is 0 Å². The minimum atomic E-state index is 0.294. The average molecular weight is 428 g/mol. The van der Waals surface area contributed by atoms with Gasteiger partial charge in [0.1, 0.15) is 0 Å². The number of nitrogens with one attached hydrogen (secondary N) is 1. The molecule has 0 saturated heterocycles. The van der Waals surface area contributed by atoms with Crippen LogP contribution in [0, 0.1) is 0 Å². The van der Waals surface area contributed by atoms with E-state index in [2.05, 4.69) is 18.8 Å². The van der Waals surface area contributed by atoms with Crippen molar-refractivity contribution in [2.24, 2.45) is 0 Å². The molecule has 0 saturated carbocycles. The third kappa shape index (κ3) is 25.6. The van der Waals surface area contributed by atoms with Crippen LogP contribution in [-0.4, -0.2) is 44.8 Å². The van der Waals surface area contributed by atoms with Crippen LogP contribution in [0.1, 0.15) is 116 Å². The summed E-state index contributed by atoms with van der Waals surface area (Å²) in [7, 11) is 0. The first-order valence-electron chi connectivity index (χ1n) is 12.9. The minimum absolute atomic E-state index is 0.294. The molecule has 4 heteroatoms. The molecule has 0 bridgehead atoms. The molecule has 0 aromatic heterocycles. The van der Waals surface area contributed by atoms with Crippen molar-refractivity contribution in [2.45, 2.75) is 116 Å². The van der Waals surface area contributed by atoms with Crippen LogP contribution in [-0.2, 0) is 9.47 Å². The molecule has 0 amide bonds. The summed E-state index contributed by atoms with van der Waals surface area (Å²) in [5, 5.41) is 12.1. The summed E-state index contributed by atoms with van der Waals surface area (Å²) in [4.78, 5) is 0. The molecule has 0 rings (SSSR count). The Labute approximate surface area is 188 Å². The molecule has 2 N–H and O–H groups in total. The molecule has 0 aliphatic rings. The van der Waals surface area contributed by atoms with Gasteiger partial charge in [-0.3, -0.25) is 5.32 Å². The molecule has 0 radical (unpaired) electrons. The van der Waals surface area contributed by atoms with Gasteiger partial charge < -0.3 is 14.6 Å². The predicted molar refractivity (Wildman–Crippen MR) is 130 cm³/mol. The third-order valence-electron chi connectivity index (χ3n) is 5.47. The number of rotatable bonds is 26. The Balaban J connectivity index is 3.11. The van der Waals surface area contributed by atoms with Gasteiger partial charge in [-0.2, -0.15) is 0 Å². The minimum Gasteiger partial charge on any atom is -0.396 e. The van der Waals surface area contributed by atoms with Gasteiger partial charge in [0, 0.05) is 13.2 Å². The van der Waals surface area contributed by atoms with Crippen LogP contribution in [0.4, 0.5) is 0 Å². The Bertz CT molecular complexity index is 336. The van der Waals surface area contributed by atoms with E-state index in [1.807, 2.05) is 0 Å². The van der Waals surface area contributed by atoms with Crippen LogP contribution in [0.5, 0.6) is 0 Å². The van der Waals surface area contributed by atoms with Gasteiger partial charge >= 0.3 is 0 Å². The van der Waals surface area contributed by atoms with Crippen molar-refractivity contribution in [3.63, 3.8) is 0 Å². The molecule has 0 unspecified atom stereocenters. The van der Waals surface area contributed by atoms with Crippen molar-refractivity contribution in [3.8, 4) is 0 Å². The topological polar surface area (TPSA) is 50.7 Å². The Kier molecular flexibility index (Phi) is 26.2. The zero-order valence-corrected chi connectivity index (χ0v) is 20.2. The zero-order chi connectivity index (χ0) is 22.0. The van der Waals surface area contributed by atoms with E-state index in [9.17, 15) is 0 Å². The summed E-state index contributed by atoms with van der Waals surface area (Å²) in [6.07, 6.45) is 22.3. The summed E-state index contributed by atoms with van der Waals surface area (Å²) in [5.74, 6) is 0. The molecule has 0 atom stereocenters. The summed E-state index contributed by atoms with van der Waals surface area (Å²) >= 11 is 0. The van der Waals surface area contributed by atoms with E-state index in [0.717, 1.165) is 44.4 Å². The lowest BCUT2D eigenvalue weighted by atomic mass is 10.0. The molecule has 4 nitrogen and oxygen atoms in total. The van der Waals surface area contributed by atoms with Crippen molar-refractivity contribution in [1.29, 1.82) is 0 Å². The van der Waals surface area contributed by atoms with Gasteiger partial charge in [0.25, 0.3) is 0 Å². The van der Waals surface area contributed by atoms with Gasteiger partial charge in [-0.1, -0.05) is 103 Å². The maximum Gasteiger partial charge on any atom is 0.0969 e. The molecule has 0 spiro atoms. The second-order valence-electron chi connectivity index (χ2n) is 8.68. The van der Waals surface area contributed by atoms with E-state index < -0.39 is 0 Å². The van der Waals surface area contributed by atoms with E-state index in [1.54, 1.807) is 0 Å². The Morgan fingerprint density at radius 1 is 0.667 bits per heavy atom. The molecule has 0 aromatic carbocycles. The molecule has 0 heterocycles. The lowest BCUT2D eigenvalue weighted by molar-refractivity contribution is 0.108. The summed E-state index contributed by atoms with van der Waals surface area (Å²) in [6.45, 7) is 10.1. The first-order chi connectivity index (χ1) is 14.8. The number of unbranched alkanes of at least 4 members (excludes halogenated alkanes) is 15. The highest BCUT2D eigenvalue weighted by atomic mass is 16.5. The second-order valence-corrected chi connectivity index (χ2v) is 8.68. The molecule has 0 aromatic rings. The van der Waals surface area contributed by atoms with Crippen LogP contribution in [0.3, 0.4) is 0 Å². The number of hydrogen-bond donors (Lipinski definition) is 2. The van der Waals surface area contributed by atoms with Crippen molar-refractivity contribution in [1.82, 2.24) is 5.32 Å². The molecule has 0 aliphatic heterocycles. The summed E-state index contributed by atoms with van der Waals surface area (Å²) in [5.41, 5.74) is 0.994. The van der Waals surface area contributed by atoms with E-state index in [4.69, 9.17) is 14.6 Å². The first-order valence-corrected chi connectivity index (χ1v) is 12.9. The van der Waals surface area contributed by atoms with Crippen molar-refractivity contribution in [2.75, 3.05) is 39.7 Å². The van der Waals surface area contributed by atoms with Crippen molar-refractivity contribution < 1.29 is 14.6 Å². The van der Waals surface area contributed by atoms with E-state index in [-0.39, 0.29) is 0 Å². The SMILES string of the molecule is C=C(COCCCCCCO)COCNCCCCCCCCCCCCCCC. The van der Waals surface area contributed by atoms with Crippen LogP contribution in [0.2, 0.25) is 0 Å². The molecule has 0 fully saturated rings. The quantitative estimate of drug-likeness (QED) is 0.0908. The number of hydrogen-bond acceptors (Lipinski definition) is 4. The van der Waals surface area contributed by atoms with Crippen LogP contribution < -0.4 is 5.32 Å². The van der Waals surface area contributed by atoms with Gasteiger partial charge in [0.2, 0.25) is 0 Å². The highest BCUT2D eigenvalue weighted by molar-refractivity contribution is 4.94. The third-order valence-corrected chi connectivity index (χ3v) is 5.47. The highest BCUT2D eigenvalue weighted by Gasteiger charge is 1.97. The largest absolute Gasteiger partial charge is 0.396 e. The van der Waals surface area contributed by atoms with Crippen molar-refractivity contribution in [3.05, 3.63) is 12.2 Å². The van der Waals surface area contributed by atoms with Gasteiger partial charge in [-0.15, -0.1) is 0 Å². The normalized spacial score (nSPS) is 11.3. The Morgan fingerprint density at radius 3 is 1.77 bits per heavy atom. The lowest BCUT2D eigenvalue weighted by Crippen LogP contribution is -2.20. The Hall–Kier alpha value is -0.420. The van der Waals surface area contributed by atoms with Crippen LogP contribution in [0.15, 0.2) is 12.2 Å². The summed E-state index contributed by atoms with van der Waals surface area (Å²) < 4.78 is 11.2. The molecule has 30 heavy (non-hydrogen) atoms. The van der Waals surface area contributed by atoms with Gasteiger partial charge in [-0.25, -0.2) is 0 Å². The fourth-order valence-corrected chi connectivity index (χ4v) is 3.54. The number of aliphatic hydroxyl groups excluding tert-OH is 1. The highest BCUT2D eigenvalue weighted by Crippen LogP contribution is 2.12. The number of aliphatic hydroxyl groups is 1. The molecular weight excluding hydrogens is 374 g/mol. The van der Waals surface area contributed by atoms with E-state index in [0.29, 0.717) is 26.6 Å². The van der Waals surface area contributed by atoms with E-state index >= 15 is 0 Å². The fourth-order valence-electron chi connectivity index (χ4n) is 3.54. The zero-order valence-electron chi connectivity index (χ0n) is 20.2. The summed E-state index contributed by atoms with van der Waals surface area (Å²) in [6, 6.07) is 0. The second kappa shape index (κ2) is 26.6. The molecular formula is C26H53NO3. The molecule has 180 valence electrons. The van der Waals surface area contributed by atoms with Gasteiger partial charge in [0.05, 0.1) is 19.9 Å². The van der Waals surface area contributed by atoms with E-state index in [1.165, 1.54) is 83.5 Å². The standard InChI is InChI=1S/C26H53NO3/c1-3-4-5-6-7-8-9-10-11-12-13-14-17-20-27-25-30-24-26(2)23-29-22-19-16-15-18-21-28/h27-28H,2-25H2,1H3. The monoisotopic (exact) mass is 427 g/mol. The average Bonchev–Trinajstić information content (AvgIpc) is 2.75. The maximum absolute atomic E-state index is 8.72. The first kappa shape index (κ1) is 29.6. The smallest absolute Gasteiger partial charge is 0.0969 e. The van der Waals surface area contributed by atoms with Crippen LogP contribution in [0.25, 0.3) is 0 Å².